The molecule has 2 rings (SSSR count). The summed E-state index contributed by atoms with van der Waals surface area (Å²) >= 11 is 0. The van der Waals surface area contributed by atoms with E-state index in [2.05, 4.69) is 20.5 Å². The van der Waals surface area contributed by atoms with Gasteiger partial charge < -0.3 is 10.2 Å². The Balaban J connectivity index is 1.93. The Morgan fingerprint density at radius 3 is 3.08 bits per heavy atom. The standard InChI is InChI=1S/C6H8N6O/c7-6-8-3-5(13-6)1-2-12-4-9-10-11-12/h3-4H,1-2H2,(H2,7,8). The Hall–Kier alpha value is -1.92. The molecule has 2 aromatic heterocycles. The van der Waals surface area contributed by atoms with Gasteiger partial charge in [0, 0.05) is 6.42 Å². The van der Waals surface area contributed by atoms with Crippen LogP contribution < -0.4 is 5.73 Å². The highest BCUT2D eigenvalue weighted by Gasteiger charge is 2.00. The van der Waals surface area contributed by atoms with Gasteiger partial charge in [-0.1, -0.05) is 0 Å². The fourth-order valence-electron chi connectivity index (χ4n) is 0.946. The molecule has 0 saturated carbocycles. The van der Waals surface area contributed by atoms with E-state index in [1.165, 1.54) is 0 Å². The molecule has 0 aliphatic carbocycles. The Kier molecular flexibility index (Phi) is 1.91. The molecule has 0 aromatic carbocycles. The molecular formula is C6H8N6O. The van der Waals surface area contributed by atoms with Crippen molar-refractivity contribution in [3.63, 3.8) is 0 Å². The smallest absolute Gasteiger partial charge is 0.292 e. The monoisotopic (exact) mass is 180 g/mol. The molecule has 13 heavy (non-hydrogen) atoms. The Labute approximate surface area is 73.6 Å². The van der Waals surface area contributed by atoms with Gasteiger partial charge in [-0.25, -0.2) is 9.67 Å². The van der Waals surface area contributed by atoms with Crippen LogP contribution in [0, 0.1) is 0 Å². The molecule has 7 nitrogen and oxygen atoms in total. The predicted molar refractivity (Wildman–Crippen MR) is 42.4 cm³/mol. The van der Waals surface area contributed by atoms with Gasteiger partial charge in [-0.15, -0.1) is 5.10 Å². The first kappa shape index (κ1) is 7.71. The van der Waals surface area contributed by atoms with Crippen LogP contribution in [0.4, 0.5) is 6.01 Å². The maximum absolute atomic E-state index is 5.30. The van der Waals surface area contributed by atoms with E-state index < -0.39 is 0 Å². The van der Waals surface area contributed by atoms with Crippen molar-refractivity contribution in [2.75, 3.05) is 5.73 Å². The summed E-state index contributed by atoms with van der Waals surface area (Å²) in [7, 11) is 0. The SMILES string of the molecule is Nc1ncc(CCn2cnnn2)o1. The van der Waals surface area contributed by atoms with Gasteiger partial charge in [-0.2, -0.15) is 0 Å². The van der Waals surface area contributed by atoms with Crippen LogP contribution in [0.15, 0.2) is 16.9 Å². The number of aryl methyl sites for hydroxylation is 2. The van der Waals surface area contributed by atoms with Crippen molar-refractivity contribution < 1.29 is 4.42 Å². The number of tetrazole rings is 1. The number of oxazole rings is 1. The largest absolute Gasteiger partial charge is 0.429 e. The van der Waals surface area contributed by atoms with Crippen LogP contribution in [0.5, 0.6) is 0 Å². The van der Waals surface area contributed by atoms with Crippen molar-refractivity contribution in [2.45, 2.75) is 13.0 Å². The lowest BCUT2D eigenvalue weighted by atomic mass is 10.3. The molecule has 7 heteroatoms. The molecule has 2 aromatic rings. The number of nitrogens with zero attached hydrogens (tertiary/aromatic N) is 5. The van der Waals surface area contributed by atoms with Crippen molar-refractivity contribution in [3.8, 4) is 0 Å². The lowest BCUT2D eigenvalue weighted by Gasteiger charge is -1.94. The van der Waals surface area contributed by atoms with Crippen LogP contribution in [-0.4, -0.2) is 25.2 Å². The molecule has 2 N–H and O–H groups in total. The molecule has 0 amide bonds. The maximum atomic E-state index is 5.30. The predicted octanol–water partition coefficient (Wildman–Crippen LogP) is -0.514. The van der Waals surface area contributed by atoms with Gasteiger partial charge in [0.1, 0.15) is 12.1 Å². The summed E-state index contributed by atoms with van der Waals surface area (Å²) < 4.78 is 6.68. The number of anilines is 1. The lowest BCUT2D eigenvalue weighted by molar-refractivity contribution is 0.486. The van der Waals surface area contributed by atoms with E-state index in [9.17, 15) is 0 Å². The molecule has 0 fully saturated rings. The fraction of sp³-hybridized carbons (Fsp3) is 0.333. The highest BCUT2D eigenvalue weighted by Crippen LogP contribution is 2.05. The first-order valence-corrected chi connectivity index (χ1v) is 3.75. The van der Waals surface area contributed by atoms with Crippen LogP contribution in [0.25, 0.3) is 0 Å². The maximum Gasteiger partial charge on any atom is 0.292 e. The van der Waals surface area contributed by atoms with Crippen molar-refractivity contribution in [1.29, 1.82) is 0 Å². The van der Waals surface area contributed by atoms with E-state index in [0.717, 1.165) is 5.76 Å². The van der Waals surface area contributed by atoms with Gasteiger partial charge in [0.05, 0.1) is 12.7 Å². The average Bonchev–Trinajstić information content (AvgIpc) is 2.71. The van der Waals surface area contributed by atoms with Crippen molar-refractivity contribution in [3.05, 3.63) is 18.3 Å². The van der Waals surface area contributed by atoms with Gasteiger partial charge in [0.25, 0.3) is 6.01 Å². The first-order valence-electron chi connectivity index (χ1n) is 3.75. The van der Waals surface area contributed by atoms with Crippen molar-refractivity contribution >= 4 is 6.01 Å². The third kappa shape index (κ3) is 1.81. The second-order valence-electron chi connectivity index (χ2n) is 2.49. The number of hydrogen-bond acceptors (Lipinski definition) is 6. The molecule has 0 aliphatic heterocycles. The summed E-state index contributed by atoms with van der Waals surface area (Å²) in [6, 6.07) is 0.187. The van der Waals surface area contributed by atoms with E-state index in [0.29, 0.717) is 13.0 Å². The highest BCUT2D eigenvalue weighted by atomic mass is 16.4. The summed E-state index contributed by atoms with van der Waals surface area (Å²) in [6.07, 6.45) is 3.81. The number of hydrogen-bond donors (Lipinski definition) is 1. The zero-order chi connectivity index (χ0) is 9.10. The zero-order valence-corrected chi connectivity index (χ0v) is 6.79. The molecule has 0 aliphatic rings. The second kappa shape index (κ2) is 3.21. The van der Waals surface area contributed by atoms with Crippen LogP contribution in [0.2, 0.25) is 0 Å². The molecule has 0 radical (unpaired) electrons. The molecular weight excluding hydrogens is 172 g/mol. The van der Waals surface area contributed by atoms with Crippen molar-refractivity contribution in [2.24, 2.45) is 0 Å². The Morgan fingerprint density at radius 1 is 1.54 bits per heavy atom. The van der Waals surface area contributed by atoms with Gasteiger partial charge in [-0.05, 0) is 10.4 Å². The van der Waals surface area contributed by atoms with Crippen LogP contribution in [0.1, 0.15) is 5.76 Å². The van der Waals surface area contributed by atoms with E-state index >= 15 is 0 Å². The van der Waals surface area contributed by atoms with Crippen LogP contribution in [0.3, 0.4) is 0 Å². The average molecular weight is 180 g/mol. The normalized spacial score (nSPS) is 10.5. The molecule has 2 heterocycles. The minimum absolute atomic E-state index is 0.187. The summed E-state index contributed by atoms with van der Waals surface area (Å²) in [6.45, 7) is 0.654. The minimum Gasteiger partial charge on any atom is -0.429 e. The molecule has 0 bridgehead atoms. The molecule has 0 saturated heterocycles. The molecule has 0 atom stereocenters. The zero-order valence-electron chi connectivity index (χ0n) is 6.79. The summed E-state index contributed by atoms with van der Waals surface area (Å²) in [5, 5.41) is 10.7. The van der Waals surface area contributed by atoms with E-state index in [-0.39, 0.29) is 6.01 Å². The number of nitrogen functional groups attached to an aromatic ring is 1. The third-order valence-corrected chi connectivity index (χ3v) is 1.55. The van der Waals surface area contributed by atoms with E-state index in [1.807, 2.05) is 0 Å². The minimum atomic E-state index is 0.187. The van der Waals surface area contributed by atoms with Gasteiger partial charge in [0.2, 0.25) is 0 Å². The van der Waals surface area contributed by atoms with Gasteiger partial charge >= 0.3 is 0 Å². The van der Waals surface area contributed by atoms with Crippen LogP contribution in [-0.2, 0) is 13.0 Å². The van der Waals surface area contributed by atoms with E-state index in [1.54, 1.807) is 17.2 Å². The van der Waals surface area contributed by atoms with E-state index in [4.69, 9.17) is 10.2 Å². The third-order valence-electron chi connectivity index (χ3n) is 1.55. The Bertz CT molecular complexity index is 366. The molecule has 0 spiro atoms. The number of rotatable bonds is 3. The number of aromatic nitrogens is 5. The lowest BCUT2D eigenvalue weighted by Crippen LogP contribution is -2.01. The highest BCUT2D eigenvalue weighted by molar-refractivity contribution is 5.10. The first-order chi connectivity index (χ1) is 6.34. The summed E-state index contributed by atoms with van der Waals surface area (Å²) in [4.78, 5) is 3.77. The summed E-state index contributed by atoms with van der Waals surface area (Å²) in [5.41, 5.74) is 5.30. The van der Waals surface area contributed by atoms with Gasteiger partial charge in [-0.3, -0.25) is 0 Å². The second-order valence-corrected chi connectivity index (χ2v) is 2.49. The summed E-state index contributed by atoms with van der Waals surface area (Å²) in [5.74, 6) is 0.730. The van der Waals surface area contributed by atoms with Gasteiger partial charge in [0.15, 0.2) is 0 Å². The Morgan fingerprint density at radius 2 is 2.46 bits per heavy atom. The quantitative estimate of drug-likeness (QED) is 0.683. The topological polar surface area (TPSA) is 95.7 Å². The number of nitrogens with two attached hydrogens (primary N) is 1. The molecule has 0 unspecified atom stereocenters. The fourth-order valence-corrected chi connectivity index (χ4v) is 0.946. The van der Waals surface area contributed by atoms with Crippen LogP contribution >= 0.6 is 0 Å². The van der Waals surface area contributed by atoms with Crippen molar-refractivity contribution in [1.82, 2.24) is 25.2 Å². The molecule has 68 valence electrons.